The average molecular weight is 431 g/mol. The monoisotopic (exact) mass is 430 g/mol. The highest BCUT2D eigenvalue weighted by molar-refractivity contribution is 8.93. The van der Waals surface area contributed by atoms with Crippen molar-refractivity contribution in [1.82, 2.24) is 0 Å². The molecule has 8 heteroatoms. The van der Waals surface area contributed by atoms with Crippen LogP contribution in [0.1, 0.15) is 16.7 Å². The molecule has 7 nitrogen and oxygen atoms in total. The predicted octanol–water partition coefficient (Wildman–Crippen LogP) is 4.01. The van der Waals surface area contributed by atoms with E-state index in [9.17, 15) is 20.2 Å². The van der Waals surface area contributed by atoms with Crippen molar-refractivity contribution in [2.45, 2.75) is 13.0 Å². The lowest BCUT2D eigenvalue weighted by molar-refractivity contribution is -0.688. The van der Waals surface area contributed by atoms with E-state index in [1.807, 2.05) is 29.1 Å². The molecule has 1 heterocycles. The van der Waals surface area contributed by atoms with Crippen molar-refractivity contribution in [3.63, 3.8) is 0 Å². The summed E-state index contributed by atoms with van der Waals surface area (Å²) < 4.78 is 1.99. The highest BCUT2D eigenvalue weighted by Crippen LogP contribution is 2.15. The van der Waals surface area contributed by atoms with Crippen LogP contribution < -0.4 is 4.57 Å². The Balaban J connectivity index is 0.00000261. The number of aromatic nitrogens is 1. The van der Waals surface area contributed by atoms with E-state index in [0.717, 1.165) is 16.7 Å². The van der Waals surface area contributed by atoms with Gasteiger partial charge in [0.25, 0.3) is 11.4 Å². The number of nitro benzene ring substituents is 2. The summed E-state index contributed by atoms with van der Waals surface area (Å²) in [5, 5.41) is 21.4. The van der Waals surface area contributed by atoms with E-state index >= 15 is 0 Å². The summed E-state index contributed by atoms with van der Waals surface area (Å²) in [6, 6.07) is 17.0. The van der Waals surface area contributed by atoms with Crippen molar-refractivity contribution < 1.29 is 14.4 Å². The standard InChI is InChI=1S/C19H16N3O4.BrH/c23-21(24)18-5-1-15(2-6-18)13-16-9-11-20(12-10-16)14-17-3-7-19(8-4-17)22(25)26;/h1-12H,13-14H2;1H/q+1;. The second kappa shape index (κ2) is 9.00. The van der Waals surface area contributed by atoms with Crippen molar-refractivity contribution in [1.29, 1.82) is 0 Å². The van der Waals surface area contributed by atoms with Crippen LogP contribution in [0, 0.1) is 20.2 Å². The molecule has 0 radical (unpaired) electrons. The Bertz CT molecular complexity index is 848. The van der Waals surface area contributed by atoms with Crippen molar-refractivity contribution in [3.05, 3.63) is 110 Å². The lowest BCUT2D eigenvalue weighted by Gasteiger charge is -2.02. The maximum atomic E-state index is 10.7. The predicted molar refractivity (Wildman–Crippen MR) is 105 cm³/mol. The Morgan fingerprint density at radius 1 is 0.667 bits per heavy atom. The van der Waals surface area contributed by atoms with Crippen LogP contribution >= 0.6 is 17.0 Å². The van der Waals surface area contributed by atoms with Gasteiger partial charge < -0.3 is 0 Å². The van der Waals surface area contributed by atoms with E-state index < -0.39 is 9.85 Å². The number of nitro groups is 2. The summed E-state index contributed by atoms with van der Waals surface area (Å²) in [5.74, 6) is 0. The number of hydrogen-bond acceptors (Lipinski definition) is 4. The smallest absolute Gasteiger partial charge is 0.258 e. The first-order valence-corrected chi connectivity index (χ1v) is 7.96. The largest absolute Gasteiger partial charge is 0.269 e. The highest BCUT2D eigenvalue weighted by Gasteiger charge is 2.08. The van der Waals surface area contributed by atoms with E-state index in [0.29, 0.717) is 13.0 Å². The van der Waals surface area contributed by atoms with Crippen LogP contribution in [0.3, 0.4) is 0 Å². The Hall–Kier alpha value is -3.13. The van der Waals surface area contributed by atoms with Gasteiger partial charge in [0, 0.05) is 42.0 Å². The van der Waals surface area contributed by atoms with E-state index in [2.05, 4.69) is 0 Å². The summed E-state index contributed by atoms with van der Waals surface area (Å²) >= 11 is 0. The molecule has 3 aromatic rings. The Morgan fingerprint density at radius 2 is 1.07 bits per heavy atom. The van der Waals surface area contributed by atoms with Gasteiger partial charge >= 0.3 is 0 Å². The first-order valence-electron chi connectivity index (χ1n) is 7.96. The molecule has 0 saturated heterocycles. The summed E-state index contributed by atoms with van der Waals surface area (Å²) in [7, 11) is 0. The molecular formula is C19H17BrN3O4+. The Morgan fingerprint density at radius 3 is 1.52 bits per heavy atom. The molecular weight excluding hydrogens is 414 g/mol. The lowest BCUT2D eigenvalue weighted by atomic mass is 10.1. The summed E-state index contributed by atoms with van der Waals surface area (Å²) in [4.78, 5) is 20.5. The summed E-state index contributed by atoms with van der Waals surface area (Å²) in [6.07, 6.45) is 4.58. The van der Waals surface area contributed by atoms with Gasteiger partial charge in [0.2, 0.25) is 0 Å². The van der Waals surface area contributed by atoms with E-state index in [1.165, 1.54) is 24.3 Å². The van der Waals surface area contributed by atoms with Crippen LogP contribution in [0.15, 0.2) is 73.1 Å². The van der Waals surface area contributed by atoms with Crippen LogP contribution in [0.25, 0.3) is 0 Å². The number of rotatable bonds is 6. The van der Waals surface area contributed by atoms with Crippen LogP contribution in [0.2, 0.25) is 0 Å². The molecule has 138 valence electrons. The first kappa shape index (κ1) is 20.2. The second-order valence-corrected chi connectivity index (χ2v) is 5.90. The van der Waals surface area contributed by atoms with Gasteiger partial charge in [-0.2, -0.15) is 0 Å². The molecule has 0 bridgehead atoms. The summed E-state index contributed by atoms with van der Waals surface area (Å²) in [6.45, 7) is 0.621. The molecule has 0 amide bonds. The number of nitrogens with zero attached hydrogens (tertiary/aromatic N) is 3. The molecule has 0 unspecified atom stereocenters. The Labute approximate surface area is 166 Å². The topological polar surface area (TPSA) is 90.2 Å². The van der Waals surface area contributed by atoms with Crippen LogP contribution in [-0.2, 0) is 13.0 Å². The van der Waals surface area contributed by atoms with Crippen molar-refractivity contribution >= 4 is 28.4 Å². The van der Waals surface area contributed by atoms with Gasteiger partial charge in [-0.05, 0) is 29.7 Å². The third-order valence-corrected chi connectivity index (χ3v) is 4.03. The number of halogens is 1. The minimum atomic E-state index is -0.413. The summed E-state index contributed by atoms with van der Waals surface area (Å²) in [5.41, 5.74) is 3.24. The number of hydrogen-bond donors (Lipinski definition) is 0. The molecule has 0 aliphatic rings. The molecule has 3 rings (SSSR count). The van der Waals surface area contributed by atoms with Gasteiger partial charge in [0.1, 0.15) is 0 Å². The SMILES string of the molecule is Br.O=[N+]([O-])c1ccc(Cc2cc[n+](Cc3ccc([N+](=O)[O-])cc3)cc2)cc1. The second-order valence-electron chi connectivity index (χ2n) is 5.90. The van der Waals surface area contributed by atoms with Crippen molar-refractivity contribution in [2.24, 2.45) is 0 Å². The van der Waals surface area contributed by atoms with Gasteiger partial charge in [-0.3, -0.25) is 20.2 Å². The van der Waals surface area contributed by atoms with E-state index in [4.69, 9.17) is 0 Å². The number of pyridine rings is 1. The van der Waals surface area contributed by atoms with Gasteiger partial charge in [0.15, 0.2) is 18.9 Å². The molecule has 0 N–H and O–H groups in total. The molecule has 0 aliphatic heterocycles. The van der Waals surface area contributed by atoms with Crippen LogP contribution in [0.5, 0.6) is 0 Å². The molecule has 1 aromatic heterocycles. The number of non-ortho nitro benzene ring substituents is 2. The molecule has 0 saturated carbocycles. The minimum absolute atomic E-state index is 0. The van der Waals surface area contributed by atoms with Crippen LogP contribution in [-0.4, -0.2) is 9.85 Å². The quantitative estimate of drug-likeness (QED) is 0.335. The lowest BCUT2D eigenvalue weighted by Crippen LogP contribution is -2.33. The zero-order valence-electron chi connectivity index (χ0n) is 14.2. The molecule has 27 heavy (non-hydrogen) atoms. The zero-order valence-corrected chi connectivity index (χ0v) is 15.9. The van der Waals surface area contributed by atoms with Gasteiger partial charge in [0.05, 0.1) is 9.85 Å². The third kappa shape index (κ3) is 5.42. The molecule has 0 atom stereocenters. The van der Waals surface area contributed by atoms with Crippen molar-refractivity contribution in [2.75, 3.05) is 0 Å². The maximum Gasteiger partial charge on any atom is 0.269 e. The fourth-order valence-corrected chi connectivity index (χ4v) is 2.62. The van der Waals surface area contributed by atoms with Crippen LogP contribution in [0.4, 0.5) is 11.4 Å². The molecule has 0 spiro atoms. The highest BCUT2D eigenvalue weighted by atomic mass is 79.9. The van der Waals surface area contributed by atoms with Gasteiger partial charge in [-0.25, -0.2) is 4.57 Å². The minimum Gasteiger partial charge on any atom is -0.258 e. The normalized spacial score (nSPS) is 10.1. The van der Waals surface area contributed by atoms with Crippen molar-refractivity contribution in [3.8, 4) is 0 Å². The fraction of sp³-hybridized carbons (Fsp3) is 0.105. The number of benzene rings is 2. The average Bonchev–Trinajstić information content (AvgIpc) is 2.64. The fourth-order valence-electron chi connectivity index (χ4n) is 2.62. The van der Waals surface area contributed by atoms with E-state index in [-0.39, 0.29) is 28.4 Å². The van der Waals surface area contributed by atoms with Gasteiger partial charge in [-0.1, -0.05) is 12.1 Å². The third-order valence-electron chi connectivity index (χ3n) is 4.03. The van der Waals surface area contributed by atoms with E-state index in [1.54, 1.807) is 24.3 Å². The maximum absolute atomic E-state index is 10.7. The molecule has 0 fully saturated rings. The zero-order chi connectivity index (χ0) is 18.5. The molecule has 0 aliphatic carbocycles. The Kier molecular flexibility index (Phi) is 6.73. The molecule has 2 aromatic carbocycles. The first-order chi connectivity index (χ1) is 12.5. The van der Waals surface area contributed by atoms with Gasteiger partial charge in [-0.15, -0.1) is 17.0 Å².